The van der Waals surface area contributed by atoms with Crippen molar-refractivity contribution in [3.8, 4) is 0 Å². The van der Waals surface area contributed by atoms with Crippen molar-refractivity contribution in [3.63, 3.8) is 0 Å². The predicted octanol–water partition coefficient (Wildman–Crippen LogP) is 5.64. The van der Waals surface area contributed by atoms with Crippen LogP contribution < -0.4 is 0 Å². The summed E-state index contributed by atoms with van der Waals surface area (Å²) in [7, 11) is 0. The minimum atomic E-state index is -0.499. The van der Waals surface area contributed by atoms with E-state index in [1.165, 1.54) is 5.56 Å². The molecule has 2 aromatic rings. The van der Waals surface area contributed by atoms with Gasteiger partial charge in [0.25, 0.3) is 0 Å². The number of esters is 1. The van der Waals surface area contributed by atoms with Crippen LogP contribution >= 0.6 is 23.2 Å². The van der Waals surface area contributed by atoms with Crippen LogP contribution in [0.5, 0.6) is 0 Å². The smallest absolute Gasteiger partial charge is 0.363 e. The molecule has 1 heterocycles. The van der Waals surface area contributed by atoms with Crippen molar-refractivity contribution in [2.75, 3.05) is 0 Å². The van der Waals surface area contributed by atoms with Crippen LogP contribution in [-0.4, -0.2) is 11.9 Å². The van der Waals surface area contributed by atoms with Crippen LogP contribution in [0.15, 0.2) is 53.2 Å². The van der Waals surface area contributed by atoms with Crippen molar-refractivity contribution in [1.82, 2.24) is 0 Å². The minimum absolute atomic E-state index is 0.0586. The number of ether oxygens (including phenoxy) is 1. The molecule has 0 fully saturated rings. The summed E-state index contributed by atoms with van der Waals surface area (Å²) in [6.45, 7) is 6.43. The Balaban J connectivity index is 1.91. The first-order valence-electron chi connectivity index (χ1n) is 7.82. The number of halogens is 2. The predicted molar refractivity (Wildman–Crippen MR) is 102 cm³/mol. The van der Waals surface area contributed by atoms with E-state index < -0.39 is 5.97 Å². The van der Waals surface area contributed by atoms with Crippen molar-refractivity contribution >= 4 is 41.1 Å². The monoisotopic (exact) mass is 373 g/mol. The van der Waals surface area contributed by atoms with Crippen molar-refractivity contribution in [2.24, 2.45) is 4.99 Å². The summed E-state index contributed by atoms with van der Waals surface area (Å²) in [6, 6.07) is 12.9. The average Bonchev–Trinajstić information content (AvgIpc) is 2.90. The van der Waals surface area contributed by atoms with Gasteiger partial charge >= 0.3 is 5.97 Å². The lowest BCUT2D eigenvalue weighted by Gasteiger charge is -2.18. The Morgan fingerprint density at radius 1 is 1.04 bits per heavy atom. The van der Waals surface area contributed by atoms with E-state index in [4.69, 9.17) is 27.9 Å². The van der Waals surface area contributed by atoms with Crippen molar-refractivity contribution < 1.29 is 9.53 Å². The van der Waals surface area contributed by atoms with Crippen molar-refractivity contribution in [1.29, 1.82) is 0 Å². The molecule has 3 rings (SSSR count). The Kier molecular flexibility index (Phi) is 4.72. The van der Waals surface area contributed by atoms with E-state index in [0.29, 0.717) is 21.5 Å². The Morgan fingerprint density at radius 3 is 2.32 bits per heavy atom. The van der Waals surface area contributed by atoms with Crippen molar-refractivity contribution in [3.05, 3.63) is 74.9 Å². The van der Waals surface area contributed by atoms with Crippen LogP contribution in [0.25, 0.3) is 6.08 Å². The van der Waals surface area contributed by atoms with Crippen LogP contribution in [0, 0.1) is 0 Å². The van der Waals surface area contributed by atoms with Crippen LogP contribution in [-0.2, 0) is 14.9 Å². The molecule has 2 aromatic carbocycles. The molecule has 25 heavy (non-hydrogen) atoms. The molecule has 0 aliphatic carbocycles. The van der Waals surface area contributed by atoms with Gasteiger partial charge in [0.05, 0.1) is 0 Å². The van der Waals surface area contributed by atoms with Gasteiger partial charge in [-0.3, -0.25) is 0 Å². The molecule has 5 heteroatoms. The van der Waals surface area contributed by atoms with Gasteiger partial charge in [-0.15, -0.1) is 0 Å². The number of hydrogen-bond donors (Lipinski definition) is 0. The van der Waals surface area contributed by atoms with Gasteiger partial charge in [-0.2, -0.15) is 0 Å². The first-order valence-corrected chi connectivity index (χ1v) is 8.58. The van der Waals surface area contributed by atoms with E-state index in [-0.39, 0.29) is 11.1 Å². The van der Waals surface area contributed by atoms with E-state index >= 15 is 0 Å². The molecular weight excluding hydrogens is 357 g/mol. The third-order valence-electron chi connectivity index (χ3n) is 3.87. The average molecular weight is 374 g/mol. The zero-order valence-electron chi connectivity index (χ0n) is 14.1. The fourth-order valence-corrected chi connectivity index (χ4v) is 2.87. The SMILES string of the molecule is CC(C)(C)c1ccc(C2=N/C(=C/c3ccc(Cl)cc3Cl)C(=O)O2)cc1. The normalized spacial score (nSPS) is 16.1. The van der Waals surface area contributed by atoms with Crippen molar-refractivity contribution in [2.45, 2.75) is 26.2 Å². The number of rotatable bonds is 2. The highest BCUT2D eigenvalue weighted by Crippen LogP contribution is 2.27. The van der Waals surface area contributed by atoms with E-state index in [0.717, 1.165) is 5.56 Å². The highest BCUT2D eigenvalue weighted by atomic mass is 35.5. The second kappa shape index (κ2) is 6.66. The fraction of sp³-hybridized carbons (Fsp3) is 0.200. The zero-order valence-corrected chi connectivity index (χ0v) is 15.7. The van der Waals surface area contributed by atoms with Gasteiger partial charge in [-0.1, -0.05) is 62.2 Å². The molecule has 128 valence electrons. The summed E-state index contributed by atoms with van der Waals surface area (Å²) in [5, 5.41) is 0.982. The lowest BCUT2D eigenvalue weighted by molar-refractivity contribution is -0.129. The molecule has 0 saturated carbocycles. The number of aliphatic imine (C=N–C) groups is 1. The summed E-state index contributed by atoms with van der Waals surface area (Å²) in [6.07, 6.45) is 1.59. The van der Waals surface area contributed by atoms with Gasteiger partial charge in [0.1, 0.15) is 0 Å². The standard InChI is InChI=1S/C20H17Cl2NO2/c1-20(2,3)14-7-4-12(5-8-14)18-23-17(19(24)25-18)10-13-6-9-15(21)11-16(13)22/h4-11H,1-3H3/b17-10+. The molecule has 0 N–H and O–H groups in total. The molecule has 0 spiro atoms. The van der Waals surface area contributed by atoms with Gasteiger partial charge in [-0.05, 0) is 46.9 Å². The third kappa shape index (κ3) is 3.94. The quantitative estimate of drug-likeness (QED) is 0.504. The Hall–Kier alpha value is -2.10. The lowest BCUT2D eigenvalue weighted by Crippen LogP contribution is -2.11. The summed E-state index contributed by atoms with van der Waals surface area (Å²) in [4.78, 5) is 16.4. The van der Waals surface area contributed by atoms with E-state index in [2.05, 4.69) is 25.8 Å². The maximum absolute atomic E-state index is 12.1. The number of carbonyl (C=O) groups is 1. The first kappa shape index (κ1) is 17.7. The maximum Gasteiger partial charge on any atom is 0.363 e. The first-order chi connectivity index (χ1) is 11.7. The Bertz CT molecular complexity index is 891. The van der Waals surface area contributed by atoms with Gasteiger partial charge < -0.3 is 4.74 Å². The highest BCUT2D eigenvalue weighted by molar-refractivity contribution is 6.35. The summed E-state index contributed by atoms with van der Waals surface area (Å²) in [5.41, 5.74) is 2.88. The third-order valence-corrected chi connectivity index (χ3v) is 4.44. The second-order valence-corrected chi connectivity index (χ2v) is 7.67. The highest BCUT2D eigenvalue weighted by Gasteiger charge is 2.25. The molecule has 0 atom stereocenters. The molecule has 0 amide bonds. The van der Waals surface area contributed by atoms with Gasteiger partial charge in [0.2, 0.25) is 5.90 Å². The summed E-state index contributed by atoms with van der Waals surface area (Å²) in [5.74, 6) is -0.206. The van der Waals surface area contributed by atoms with Crippen LogP contribution in [0.4, 0.5) is 0 Å². The maximum atomic E-state index is 12.1. The summed E-state index contributed by atoms with van der Waals surface area (Å²) >= 11 is 12.0. The van der Waals surface area contributed by atoms with Gasteiger partial charge in [0.15, 0.2) is 5.70 Å². The molecule has 3 nitrogen and oxygen atoms in total. The number of carbonyl (C=O) groups excluding carboxylic acids is 1. The molecule has 1 aliphatic heterocycles. The zero-order chi connectivity index (χ0) is 18.2. The Labute approximate surface area is 156 Å². The summed E-state index contributed by atoms with van der Waals surface area (Å²) < 4.78 is 5.29. The number of cyclic esters (lactones) is 1. The number of nitrogens with zero attached hydrogens (tertiary/aromatic N) is 1. The molecule has 0 aromatic heterocycles. The fourth-order valence-electron chi connectivity index (χ4n) is 2.41. The molecule has 1 aliphatic rings. The molecule has 0 unspecified atom stereocenters. The van der Waals surface area contributed by atoms with Crippen LogP contribution in [0.1, 0.15) is 37.5 Å². The van der Waals surface area contributed by atoms with E-state index in [1.807, 2.05) is 24.3 Å². The molecule has 0 bridgehead atoms. The Morgan fingerprint density at radius 2 is 1.72 bits per heavy atom. The minimum Gasteiger partial charge on any atom is -0.402 e. The van der Waals surface area contributed by atoms with Gasteiger partial charge in [0, 0.05) is 15.6 Å². The second-order valence-electron chi connectivity index (χ2n) is 6.83. The van der Waals surface area contributed by atoms with E-state index in [1.54, 1.807) is 24.3 Å². The molecular formula is C20H17Cl2NO2. The number of benzene rings is 2. The van der Waals surface area contributed by atoms with Crippen LogP contribution in [0.2, 0.25) is 10.0 Å². The lowest BCUT2D eigenvalue weighted by atomic mass is 9.87. The van der Waals surface area contributed by atoms with E-state index in [9.17, 15) is 4.79 Å². The van der Waals surface area contributed by atoms with Crippen LogP contribution in [0.3, 0.4) is 0 Å². The molecule has 0 radical (unpaired) electrons. The van der Waals surface area contributed by atoms with Gasteiger partial charge in [-0.25, -0.2) is 9.79 Å². The largest absolute Gasteiger partial charge is 0.402 e. The number of hydrogen-bond acceptors (Lipinski definition) is 3. The molecule has 0 saturated heterocycles. The topological polar surface area (TPSA) is 38.7 Å².